The molecular weight excluding hydrogens is 293 g/mol. The highest BCUT2D eigenvalue weighted by Gasteiger charge is 2.15. The lowest BCUT2D eigenvalue weighted by molar-refractivity contribution is -0.122. The van der Waals surface area contributed by atoms with Crippen LogP contribution in [0.3, 0.4) is 0 Å². The minimum absolute atomic E-state index is 0.0544. The van der Waals surface area contributed by atoms with Gasteiger partial charge in [0.25, 0.3) is 0 Å². The number of hydrogen-bond acceptors (Lipinski definition) is 2. The Labute approximate surface area is 128 Å². The predicted molar refractivity (Wildman–Crippen MR) is 81.8 cm³/mol. The largest absolute Gasteiger partial charge is 0.351 e. The minimum atomic E-state index is -0.330. The normalized spacial score (nSPS) is 11.9. The zero-order valence-corrected chi connectivity index (χ0v) is 13.2. The molecule has 1 heterocycles. The number of nitrogens with zero attached hydrogens (tertiary/aromatic N) is 2. The SMILES string of the molecule is CC(C)(C)NC(=O)CCn1c(CCl)nc2ccc(F)cc21. The highest BCUT2D eigenvalue weighted by Crippen LogP contribution is 2.19. The first-order valence-corrected chi connectivity index (χ1v) is 7.35. The maximum atomic E-state index is 13.4. The molecule has 0 atom stereocenters. The molecule has 6 heteroatoms. The molecule has 1 amide bonds. The van der Waals surface area contributed by atoms with Crippen molar-refractivity contribution in [1.82, 2.24) is 14.9 Å². The molecule has 0 radical (unpaired) electrons. The van der Waals surface area contributed by atoms with Gasteiger partial charge in [0, 0.05) is 18.5 Å². The summed E-state index contributed by atoms with van der Waals surface area (Å²) in [7, 11) is 0. The summed E-state index contributed by atoms with van der Waals surface area (Å²) in [5, 5.41) is 2.90. The first-order valence-electron chi connectivity index (χ1n) is 6.82. The summed E-state index contributed by atoms with van der Waals surface area (Å²) >= 11 is 5.89. The molecule has 114 valence electrons. The van der Waals surface area contributed by atoms with Gasteiger partial charge in [-0.2, -0.15) is 0 Å². The number of aromatic nitrogens is 2. The zero-order chi connectivity index (χ0) is 15.6. The topological polar surface area (TPSA) is 46.9 Å². The van der Waals surface area contributed by atoms with E-state index in [4.69, 9.17) is 11.6 Å². The maximum Gasteiger partial charge on any atom is 0.222 e. The van der Waals surface area contributed by atoms with Crippen LogP contribution in [0, 0.1) is 5.82 Å². The molecule has 1 N–H and O–H groups in total. The van der Waals surface area contributed by atoms with Crippen LogP contribution in [-0.4, -0.2) is 21.0 Å². The first-order chi connectivity index (χ1) is 9.80. The molecule has 0 saturated heterocycles. The second kappa shape index (κ2) is 6.02. The number of rotatable bonds is 4. The van der Waals surface area contributed by atoms with E-state index >= 15 is 0 Å². The van der Waals surface area contributed by atoms with Crippen molar-refractivity contribution >= 4 is 28.5 Å². The van der Waals surface area contributed by atoms with Gasteiger partial charge in [0.2, 0.25) is 5.91 Å². The van der Waals surface area contributed by atoms with Gasteiger partial charge in [0.15, 0.2) is 0 Å². The summed E-state index contributed by atoms with van der Waals surface area (Å²) in [6, 6.07) is 4.40. The molecule has 0 aliphatic heterocycles. The lowest BCUT2D eigenvalue weighted by Gasteiger charge is -2.20. The van der Waals surface area contributed by atoms with Crippen LogP contribution >= 0.6 is 11.6 Å². The third-order valence-electron chi connectivity index (χ3n) is 2.99. The Balaban J connectivity index is 2.21. The van der Waals surface area contributed by atoms with Crippen molar-refractivity contribution < 1.29 is 9.18 Å². The highest BCUT2D eigenvalue weighted by atomic mass is 35.5. The molecule has 0 aliphatic rings. The summed E-state index contributed by atoms with van der Waals surface area (Å²) in [5.41, 5.74) is 1.08. The fourth-order valence-corrected chi connectivity index (χ4v) is 2.40. The standard InChI is InChI=1S/C15H19ClFN3O/c1-15(2,3)19-14(21)6-7-20-12-8-10(17)4-5-11(12)18-13(20)9-16/h4-5,8H,6-7,9H2,1-3H3,(H,19,21). The van der Waals surface area contributed by atoms with Crippen LogP contribution in [0.4, 0.5) is 4.39 Å². The van der Waals surface area contributed by atoms with Crippen LogP contribution in [-0.2, 0) is 17.2 Å². The quantitative estimate of drug-likeness (QED) is 0.881. The van der Waals surface area contributed by atoms with Gasteiger partial charge in [0.05, 0.1) is 16.9 Å². The number of fused-ring (bicyclic) bond motifs is 1. The molecule has 0 unspecified atom stereocenters. The summed E-state index contributed by atoms with van der Waals surface area (Å²) in [4.78, 5) is 16.3. The van der Waals surface area contributed by atoms with Gasteiger partial charge >= 0.3 is 0 Å². The maximum absolute atomic E-state index is 13.4. The highest BCUT2D eigenvalue weighted by molar-refractivity contribution is 6.16. The van der Waals surface area contributed by atoms with Crippen LogP contribution in [0.5, 0.6) is 0 Å². The molecule has 2 aromatic rings. The summed E-state index contributed by atoms with van der Waals surface area (Å²) in [6.07, 6.45) is 0.295. The zero-order valence-electron chi connectivity index (χ0n) is 12.4. The smallest absolute Gasteiger partial charge is 0.222 e. The molecule has 1 aromatic heterocycles. The molecule has 0 bridgehead atoms. The fourth-order valence-electron chi connectivity index (χ4n) is 2.19. The third kappa shape index (κ3) is 3.94. The molecular formula is C15H19ClFN3O. The number of aryl methyl sites for hydroxylation is 1. The number of hydrogen-bond donors (Lipinski definition) is 1. The number of alkyl halides is 1. The Hall–Kier alpha value is -1.62. The van der Waals surface area contributed by atoms with Crippen LogP contribution < -0.4 is 5.32 Å². The summed E-state index contributed by atoms with van der Waals surface area (Å²) in [5.74, 6) is 0.475. The number of carbonyl (C=O) groups is 1. The molecule has 0 saturated carbocycles. The second-order valence-corrected chi connectivity index (χ2v) is 6.26. The molecule has 1 aromatic carbocycles. The number of imidazole rings is 1. The van der Waals surface area contributed by atoms with Crippen molar-refractivity contribution in [2.45, 2.75) is 45.2 Å². The number of amides is 1. The Morgan fingerprint density at radius 2 is 2.14 bits per heavy atom. The average molecular weight is 312 g/mol. The van der Waals surface area contributed by atoms with E-state index in [0.29, 0.717) is 29.8 Å². The monoisotopic (exact) mass is 311 g/mol. The van der Waals surface area contributed by atoms with Crippen molar-refractivity contribution in [1.29, 1.82) is 0 Å². The lowest BCUT2D eigenvalue weighted by atomic mass is 10.1. The molecule has 0 spiro atoms. The fraction of sp³-hybridized carbons (Fsp3) is 0.467. The average Bonchev–Trinajstić information content (AvgIpc) is 2.71. The van der Waals surface area contributed by atoms with Gasteiger partial charge in [-0.15, -0.1) is 11.6 Å². The van der Waals surface area contributed by atoms with Gasteiger partial charge in [-0.05, 0) is 39.0 Å². The number of nitrogens with one attached hydrogen (secondary N) is 1. The predicted octanol–water partition coefficient (Wildman–Crippen LogP) is 3.22. The molecule has 0 fully saturated rings. The van der Waals surface area contributed by atoms with E-state index in [1.54, 1.807) is 10.6 Å². The van der Waals surface area contributed by atoms with E-state index in [1.165, 1.54) is 12.1 Å². The van der Waals surface area contributed by atoms with Crippen LogP contribution in [0.2, 0.25) is 0 Å². The minimum Gasteiger partial charge on any atom is -0.351 e. The third-order valence-corrected chi connectivity index (χ3v) is 3.22. The number of halogens is 2. The lowest BCUT2D eigenvalue weighted by Crippen LogP contribution is -2.40. The van der Waals surface area contributed by atoms with Crippen molar-refractivity contribution in [3.63, 3.8) is 0 Å². The summed E-state index contributed by atoms with van der Waals surface area (Å²) in [6.45, 7) is 6.20. The van der Waals surface area contributed by atoms with Gasteiger partial charge in [-0.25, -0.2) is 9.37 Å². The number of carbonyl (C=O) groups excluding carboxylic acids is 1. The number of benzene rings is 1. The van der Waals surface area contributed by atoms with Crippen LogP contribution in [0.15, 0.2) is 18.2 Å². The molecule has 0 aliphatic carbocycles. The molecule has 2 rings (SSSR count). The van der Waals surface area contributed by atoms with E-state index in [2.05, 4.69) is 10.3 Å². The van der Waals surface area contributed by atoms with Crippen LogP contribution in [0.1, 0.15) is 33.0 Å². The van der Waals surface area contributed by atoms with Crippen molar-refractivity contribution in [2.24, 2.45) is 0 Å². The van der Waals surface area contributed by atoms with Crippen molar-refractivity contribution in [3.05, 3.63) is 29.8 Å². The van der Waals surface area contributed by atoms with Gasteiger partial charge in [-0.1, -0.05) is 0 Å². The Morgan fingerprint density at radius 3 is 2.76 bits per heavy atom. The van der Waals surface area contributed by atoms with Crippen molar-refractivity contribution in [3.8, 4) is 0 Å². The van der Waals surface area contributed by atoms with Crippen molar-refractivity contribution in [2.75, 3.05) is 0 Å². The van der Waals surface area contributed by atoms with Gasteiger partial charge in [-0.3, -0.25) is 4.79 Å². The summed E-state index contributed by atoms with van der Waals surface area (Å²) < 4.78 is 15.2. The van der Waals surface area contributed by atoms with E-state index in [0.717, 1.165) is 0 Å². The Kier molecular flexibility index (Phi) is 4.52. The van der Waals surface area contributed by atoms with E-state index in [-0.39, 0.29) is 23.1 Å². The molecule has 4 nitrogen and oxygen atoms in total. The van der Waals surface area contributed by atoms with E-state index in [9.17, 15) is 9.18 Å². The van der Waals surface area contributed by atoms with E-state index < -0.39 is 0 Å². The second-order valence-electron chi connectivity index (χ2n) is 5.99. The van der Waals surface area contributed by atoms with Crippen LogP contribution in [0.25, 0.3) is 11.0 Å². The van der Waals surface area contributed by atoms with E-state index in [1.807, 2.05) is 20.8 Å². The van der Waals surface area contributed by atoms with Gasteiger partial charge < -0.3 is 9.88 Å². The Morgan fingerprint density at radius 1 is 1.43 bits per heavy atom. The van der Waals surface area contributed by atoms with Gasteiger partial charge in [0.1, 0.15) is 11.6 Å². The molecule has 21 heavy (non-hydrogen) atoms. The first kappa shape index (κ1) is 15.8. The Bertz CT molecular complexity index is 661.